The van der Waals surface area contributed by atoms with Crippen molar-refractivity contribution in [1.82, 2.24) is 4.90 Å². The standard InChI is InChI=1S/C21H25N3O3S/c1-16-4-3-5-20(17(16)2)22-10-12-23(13-11-22)21(25)15-28-14-18-6-8-19(9-7-18)24(26)27/h3-9H,10-15H2,1-2H3. The third-order valence-electron chi connectivity index (χ3n) is 5.19. The third-order valence-corrected chi connectivity index (χ3v) is 6.18. The number of non-ortho nitro benzene ring substituents is 1. The number of benzene rings is 2. The van der Waals surface area contributed by atoms with Crippen molar-refractivity contribution in [2.45, 2.75) is 19.6 Å². The van der Waals surface area contributed by atoms with E-state index in [1.807, 2.05) is 4.90 Å². The fourth-order valence-electron chi connectivity index (χ4n) is 3.34. The lowest BCUT2D eigenvalue weighted by molar-refractivity contribution is -0.384. The Hall–Kier alpha value is -2.54. The number of hydrogen-bond donors (Lipinski definition) is 0. The summed E-state index contributed by atoms with van der Waals surface area (Å²) >= 11 is 1.55. The molecule has 0 aliphatic carbocycles. The van der Waals surface area contributed by atoms with E-state index in [-0.39, 0.29) is 11.6 Å². The molecule has 0 unspecified atom stereocenters. The normalized spacial score (nSPS) is 14.2. The molecule has 3 rings (SSSR count). The molecule has 1 heterocycles. The molecule has 1 aliphatic heterocycles. The van der Waals surface area contributed by atoms with Crippen molar-refractivity contribution in [3.8, 4) is 0 Å². The monoisotopic (exact) mass is 399 g/mol. The summed E-state index contributed by atoms with van der Waals surface area (Å²) in [5, 5.41) is 10.7. The van der Waals surface area contributed by atoms with Crippen LogP contribution in [-0.2, 0) is 10.5 Å². The second-order valence-corrected chi connectivity index (χ2v) is 7.99. The molecule has 1 amide bonds. The minimum atomic E-state index is -0.404. The zero-order valence-electron chi connectivity index (χ0n) is 16.3. The van der Waals surface area contributed by atoms with E-state index in [0.717, 1.165) is 31.7 Å². The van der Waals surface area contributed by atoms with Crippen LogP contribution < -0.4 is 4.90 Å². The van der Waals surface area contributed by atoms with E-state index >= 15 is 0 Å². The number of nitro benzene ring substituents is 1. The van der Waals surface area contributed by atoms with Crippen LogP contribution in [-0.4, -0.2) is 47.7 Å². The van der Waals surface area contributed by atoms with Gasteiger partial charge in [0.1, 0.15) is 0 Å². The summed E-state index contributed by atoms with van der Waals surface area (Å²) in [5.41, 5.74) is 4.94. The van der Waals surface area contributed by atoms with Crippen molar-refractivity contribution in [3.05, 3.63) is 69.3 Å². The van der Waals surface area contributed by atoms with E-state index in [1.165, 1.54) is 28.9 Å². The fourth-order valence-corrected chi connectivity index (χ4v) is 4.22. The highest BCUT2D eigenvalue weighted by Gasteiger charge is 2.22. The SMILES string of the molecule is Cc1cccc(N2CCN(C(=O)CSCc3ccc([N+](=O)[O-])cc3)CC2)c1C. The zero-order valence-corrected chi connectivity index (χ0v) is 17.1. The van der Waals surface area contributed by atoms with Gasteiger partial charge in [0, 0.05) is 49.8 Å². The average Bonchev–Trinajstić information content (AvgIpc) is 2.70. The lowest BCUT2D eigenvalue weighted by Gasteiger charge is -2.37. The molecule has 7 heteroatoms. The van der Waals surface area contributed by atoms with E-state index < -0.39 is 4.92 Å². The van der Waals surface area contributed by atoms with E-state index in [0.29, 0.717) is 11.5 Å². The summed E-state index contributed by atoms with van der Waals surface area (Å²) in [5.74, 6) is 1.26. The van der Waals surface area contributed by atoms with Crippen LogP contribution in [0.1, 0.15) is 16.7 Å². The summed E-state index contributed by atoms with van der Waals surface area (Å²) < 4.78 is 0. The second-order valence-electron chi connectivity index (χ2n) is 7.00. The molecule has 1 saturated heterocycles. The Kier molecular flexibility index (Phi) is 6.57. The Morgan fingerprint density at radius 2 is 1.75 bits per heavy atom. The summed E-state index contributed by atoms with van der Waals surface area (Å²) in [6.07, 6.45) is 0. The number of anilines is 1. The number of piperazine rings is 1. The smallest absolute Gasteiger partial charge is 0.269 e. The highest BCUT2D eigenvalue weighted by molar-refractivity contribution is 7.99. The molecule has 148 valence electrons. The van der Waals surface area contributed by atoms with Crippen LogP contribution in [0, 0.1) is 24.0 Å². The largest absolute Gasteiger partial charge is 0.368 e. The second kappa shape index (κ2) is 9.10. The van der Waals surface area contributed by atoms with Gasteiger partial charge < -0.3 is 9.80 Å². The van der Waals surface area contributed by atoms with Gasteiger partial charge in [0.25, 0.3) is 5.69 Å². The van der Waals surface area contributed by atoms with Crippen molar-refractivity contribution >= 4 is 29.0 Å². The first kappa shape index (κ1) is 20.2. The van der Waals surface area contributed by atoms with Crippen LogP contribution >= 0.6 is 11.8 Å². The summed E-state index contributed by atoms with van der Waals surface area (Å²) in [6.45, 7) is 7.46. The van der Waals surface area contributed by atoms with Crippen molar-refractivity contribution in [1.29, 1.82) is 0 Å². The first-order chi connectivity index (χ1) is 13.5. The molecule has 1 aliphatic rings. The van der Waals surface area contributed by atoms with Gasteiger partial charge in [-0.15, -0.1) is 11.8 Å². The Morgan fingerprint density at radius 3 is 2.39 bits per heavy atom. The number of carbonyl (C=O) groups is 1. The zero-order chi connectivity index (χ0) is 20.1. The average molecular weight is 400 g/mol. The van der Waals surface area contributed by atoms with Gasteiger partial charge in [-0.3, -0.25) is 14.9 Å². The topological polar surface area (TPSA) is 66.7 Å². The quantitative estimate of drug-likeness (QED) is 0.546. The van der Waals surface area contributed by atoms with Crippen LogP contribution in [0.2, 0.25) is 0 Å². The molecular weight excluding hydrogens is 374 g/mol. The van der Waals surface area contributed by atoms with Gasteiger partial charge in [0.15, 0.2) is 0 Å². The van der Waals surface area contributed by atoms with Crippen molar-refractivity contribution in [2.24, 2.45) is 0 Å². The number of aryl methyl sites for hydroxylation is 1. The third kappa shape index (κ3) is 4.84. The molecule has 1 fully saturated rings. The summed E-state index contributed by atoms with van der Waals surface area (Å²) in [7, 11) is 0. The van der Waals surface area contributed by atoms with Gasteiger partial charge >= 0.3 is 0 Å². The maximum atomic E-state index is 12.5. The van der Waals surface area contributed by atoms with Crippen molar-refractivity contribution in [3.63, 3.8) is 0 Å². The van der Waals surface area contributed by atoms with Gasteiger partial charge in [0.2, 0.25) is 5.91 Å². The maximum Gasteiger partial charge on any atom is 0.269 e. The number of nitrogens with zero attached hydrogens (tertiary/aromatic N) is 3. The Bertz CT molecular complexity index is 846. The first-order valence-corrected chi connectivity index (χ1v) is 10.5. The van der Waals surface area contributed by atoms with Crippen molar-refractivity contribution < 1.29 is 9.72 Å². The molecule has 0 atom stereocenters. The van der Waals surface area contributed by atoms with Gasteiger partial charge in [-0.1, -0.05) is 24.3 Å². The number of nitro groups is 1. The number of carbonyl (C=O) groups excluding carboxylic acids is 1. The summed E-state index contributed by atoms with van der Waals surface area (Å²) in [6, 6.07) is 12.9. The fraction of sp³-hybridized carbons (Fsp3) is 0.381. The van der Waals surface area contributed by atoms with Crippen LogP contribution in [0.3, 0.4) is 0 Å². The predicted molar refractivity (Wildman–Crippen MR) is 114 cm³/mol. The first-order valence-electron chi connectivity index (χ1n) is 9.35. The number of hydrogen-bond acceptors (Lipinski definition) is 5. The number of thioether (sulfide) groups is 1. The van der Waals surface area contributed by atoms with Gasteiger partial charge in [-0.25, -0.2) is 0 Å². The van der Waals surface area contributed by atoms with Crippen LogP contribution in [0.4, 0.5) is 11.4 Å². The molecule has 28 heavy (non-hydrogen) atoms. The molecule has 0 radical (unpaired) electrons. The minimum absolute atomic E-state index is 0.0894. The highest BCUT2D eigenvalue weighted by atomic mass is 32.2. The van der Waals surface area contributed by atoms with Gasteiger partial charge in [-0.2, -0.15) is 0 Å². The van der Waals surface area contributed by atoms with E-state index in [2.05, 4.69) is 36.9 Å². The summed E-state index contributed by atoms with van der Waals surface area (Å²) in [4.78, 5) is 27.1. The molecule has 2 aromatic carbocycles. The molecule has 0 spiro atoms. The lowest BCUT2D eigenvalue weighted by Crippen LogP contribution is -2.49. The van der Waals surface area contributed by atoms with Crippen molar-refractivity contribution in [2.75, 3.05) is 36.8 Å². The molecule has 0 saturated carbocycles. The Labute approximate surface area is 169 Å². The molecule has 0 aromatic heterocycles. The molecule has 6 nitrogen and oxygen atoms in total. The van der Waals surface area contributed by atoms with Crippen LogP contribution in [0.15, 0.2) is 42.5 Å². The van der Waals surface area contributed by atoms with E-state index in [9.17, 15) is 14.9 Å². The Morgan fingerprint density at radius 1 is 1.07 bits per heavy atom. The number of rotatable bonds is 6. The number of amides is 1. The molecular formula is C21H25N3O3S. The molecule has 2 aromatic rings. The van der Waals surface area contributed by atoms with Crippen LogP contribution in [0.5, 0.6) is 0 Å². The van der Waals surface area contributed by atoms with E-state index in [4.69, 9.17) is 0 Å². The Balaban J connectivity index is 1.45. The minimum Gasteiger partial charge on any atom is -0.368 e. The van der Waals surface area contributed by atoms with Gasteiger partial charge in [-0.05, 0) is 36.6 Å². The molecule has 0 bridgehead atoms. The van der Waals surface area contributed by atoms with Gasteiger partial charge in [0.05, 0.1) is 10.7 Å². The highest BCUT2D eigenvalue weighted by Crippen LogP contribution is 2.24. The van der Waals surface area contributed by atoms with Crippen LogP contribution in [0.25, 0.3) is 0 Å². The molecule has 0 N–H and O–H groups in total. The predicted octanol–water partition coefficient (Wildman–Crippen LogP) is 3.79. The maximum absolute atomic E-state index is 12.5. The van der Waals surface area contributed by atoms with E-state index in [1.54, 1.807) is 23.9 Å². The lowest BCUT2D eigenvalue weighted by atomic mass is 10.1.